The van der Waals surface area contributed by atoms with Gasteiger partial charge in [0, 0.05) is 13.6 Å². The number of hydrogen-bond acceptors (Lipinski definition) is 5. The average Bonchev–Trinajstić information content (AvgIpc) is 3.30. The maximum absolute atomic E-state index is 12.8. The summed E-state index contributed by atoms with van der Waals surface area (Å²) in [4.78, 5) is 25.2. The number of aromatic nitrogens is 6. The van der Waals surface area contributed by atoms with Crippen LogP contribution in [0, 0.1) is 6.92 Å². The van der Waals surface area contributed by atoms with Crippen molar-refractivity contribution >= 4 is 39.1 Å². The number of amides is 2. The highest BCUT2D eigenvalue weighted by atomic mass is 79.9. The Hall–Kier alpha value is -2.95. The first-order chi connectivity index (χ1) is 12.4. The smallest absolute Gasteiger partial charge is 0.276 e. The van der Waals surface area contributed by atoms with Gasteiger partial charge in [-0.25, -0.2) is 0 Å². The summed E-state index contributed by atoms with van der Waals surface area (Å²) in [6, 6.07) is 0. The standard InChI is InChI=1S/C15H17BrN8O2/c1-4-24-13(15(26)20-10-6-18-23(3)8(10)2)11(7-19-24)21-14(25)12-9(16)5-17-22-12/h5-7H,4H2,1-3H3,(H,17,22)(H,20,26)(H,21,25). The number of carbonyl (C=O) groups excluding carboxylic acids is 2. The van der Waals surface area contributed by atoms with Gasteiger partial charge in [0.05, 0.1) is 40.1 Å². The third-order valence-corrected chi connectivity index (χ3v) is 4.51. The van der Waals surface area contributed by atoms with Crippen LogP contribution in [-0.2, 0) is 13.6 Å². The van der Waals surface area contributed by atoms with Crippen LogP contribution in [0.2, 0.25) is 0 Å². The number of carbonyl (C=O) groups is 2. The lowest BCUT2D eigenvalue weighted by atomic mass is 10.3. The van der Waals surface area contributed by atoms with Crippen LogP contribution in [-0.4, -0.2) is 41.6 Å². The molecule has 3 heterocycles. The van der Waals surface area contributed by atoms with E-state index in [0.717, 1.165) is 5.69 Å². The van der Waals surface area contributed by atoms with Crippen molar-refractivity contribution in [2.24, 2.45) is 7.05 Å². The van der Waals surface area contributed by atoms with Crippen LogP contribution in [0.4, 0.5) is 11.4 Å². The molecular weight excluding hydrogens is 404 g/mol. The molecular formula is C15H17BrN8O2. The first-order valence-corrected chi connectivity index (χ1v) is 8.57. The van der Waals surface area contributed by atoms with Gasteiger partial charge >= 0.3 is 0 Å². The number of aryl methyl sites for hydroxylation is 2. The predicted molar refractivity (Wildman–Crippen MR) is 98.0 cm³/mol. The third-order valence-electron chi connectivity index (χ3n) is 3.91. The van der Waals surface area contributed by atoms with E-state index in [-0.39, 0.29) is 17.3 Å². The van der Waals surface area contributed by atoms with Crippen LogP contribution in [0.5, 0.6) is 0 Å². The van der Waals surface area contributed by atoms with Crippen LogP contribution >= 0.6 is 15.9 Å². The largest absolute Gasteiger partial charge is 0.318 e. The minimum atomic E-state index is -0.434. The van der Waals surface area contributed by atoms with E-state index < -0.39 is 5.91 Å². The van der Waals surface area contributed by atoms with Gasteiger partial charge in [-0.3, -0.25) is 24.1 Å². The Morgan fingerprint density at radius 1 is 1.15 bits per heavy atom. The second-order valence-electron chi connectivity index (χ2n) is 5.49. The van der Waals surface area contributed by atoms with Gasteiger partial charge in [0.1, 0.15) is 11.4 Å². The van der Waals surface area contributed by atoms with E-state index >= 15 is 0 Å². The number of rotatable bonds is 5. The molecule has 0 bridgehead atoms. The molecule has 10 nitrogen and oxygen atoms in total. The van der Waals surface area contributed by atoms with Crippen molar-refractivity contribution in [2.45, 2.75) is 20.4 Å². The summed E-state index contributed by atoms with van der Waals surface area (Å²) in [5.74, 6) is -0.823. The summed E-state index contributed by atoms with van der Waals surface area (Å²) in [7, 11) is 1.79. The quantitative estimate of drug-likeness (QED) is 0.581. The number of nitrogens with zero attached hydrogens (tertiary/aromatic N) is 5. The molecule has 0 aliphatic carbocycles. The van der Waals surface area contributed by atoms with Crippen molar-refractivity contribution in [2.75, 3.05) is 10.6 Å². The molecule has 0 aliphatic rings. The lowest BCUT2D eigenvalue weighted by molar-refractivity contribution is 0.101. The Balaban J connectivity index is 1.88. The van der Waals surface area contributed by atoms with Crippen LogP contribution in [0.15, 0.2) is 23.1 Å². The molecule has 0 aliphatic heterocycles. The van der Waals surface area contributed by atoms with Crippen molar-refractivity contribution in [3.63, 3.8) is 0 Å². The number of aromatic amines is 1. The van der Waals surface area contributed by atoms with Gasteiger partial charge in [-0.2, -0.15) is 15.3 Å². The highest BCUT2D eigenvalue weighted by Crippen LogP contribution is 2.21. The third kappa shape index (κ3) is 3.25. The summed E-state index contributed by atoms with van der Waals surface area (Å²) in [6.45, 7) is 4.17. The van der Waals surface area contributed by atoms with Crippen molar-refractivity contribution in [1.82, 2.24) is 29.8 Å². The van der Waals surface area contributed by atoms with E-state index in [1.807, 2.05) is 13.8 Å². The maximum atomic E-state index is 12.8. The fourth-order valence-electron chi connectivity index (χ4n) is 2.37. The van der Waals surface area contributed by atoms with Crippen molar-refractivity contribution in [1.29, 1.82) is 0 Å². The first-order valence-electron chi connectivity index (χ1n) is 7.78. The molecule has 0 aromatic carbocycles. The summed E-state index contributed by atoms with van der Waals surface area (Å²) in [6.07, 6.45) is 4.49. The molecule has 0 unspecified atom stereocenters. The van der Waals surface area contributed by atoms with Crippen molar-refractivity contribution in [3.05, 3.63) is 40.1 Å². The predicted octanol–water partition coefficient (Wildman–Crippen LogP) is 1.94. The Morgan fingerprint density at radius 3 is 2.42 bits per heavy atom. The highest BCUT2D eigenvalue weighted by molar-refractivity contribution is 9.10. The van der Waals surface area contributed by atoms with E-state index in [1.54, 1.807) is 17.9 Å². The molecule has 0 radical (unpaired) electrons. The molecule has 0 saturated carbocycles. The van der Waals surface area contributed by atoms with Gasteiger partial charge in [-0.1, -0.05) is 0 Å². The molecule has 3 aromatic heterocycles. The van der Waals surface area contributed by atoms with E-state index in [2.05, 4.69) is 47.0 Å². The van der Waals surface area contributed by atoms with Gasteiger partial charge in [-0.05, 0) is 29.8 Å². The molecule has 26 heavy (non-hydrogen) atoms. The second-order valence-corrected chi connectivity index (χ2v) is 6.35. The highest BCUT2D eigenvalue weighted by Gasteiger charge is 2.22. The average molecular weight is 421 g/mol. The molecule has 0 atom stereocenters. The zero-order chi connectivity index (χ0) is 18.8. The normalized spacial score (nSPS) is 10.8. The number of hydrogen-bond donors (Lipinski definition) is 3. The number of nitrogens with one attached hydrogen (secondary N) is 3. The molecule has 3 aromatic rings. The van der Waals surface area contributed by atoms with Gasteiger partial charge in [-0.15, -0.1) is 0 Å². The molecule has 0 spiro atoms. The molecule has 3 N–H and O–H groups in total. The second kappa shape index (κ2) is 7.12. The number of H-pyrrole nitrogens is 1. The van der Waals surface area contributed by atoms with Gasteiger partial charge in [0.2, 0.25) is 0 Å². The van der Waals surface area contributed by atoms with Crippen LogP contribution in [0.3, 0.4) is 0 Å². The zero-order valence-electron chi connectivity index (χ0n) is 14.4. The van der Waals surface area contributed by atoms with Crippen molar-refractivity contribution in [3.8, 4) is 0 Å². The Morgan fingerprint density at radius 2 is 1.85 bits per heavy atom. The molecule has 0 fully saturated rings. The first kappa shape index (κ1) is 17.9. The van der Waals surface area contributed by atoms with E-state index in [4.69, 9.17) is 0 Å². The topological polar surface area (TPSA) is 123 Å². The van der Waals surface area contributed by atoms with Crippen LogP contribution < -0.4 is 10.6 Å². The lowest BCUT2D eigenvalue weighted by Gasteiger charge is -2.09. The fraction of sp³-hybridized carbons (Fsp3) is 0.267. The van der Waals surface area contributed by atoms with E-state index in [0.29, 0.717) is 22.4 Å². The molecule has 3 rings (SSSR count). The summed E-state index contributed by atoms with van der Waals surface area (Å²) >= 11 is 3.24. The SMILES string of the molecule is CCn1ncc(NC(=O)c2[nH]ncc2Br)c1C(=O)Nc1cnn(C)c1C. The van der Waals surface area contributed by atoms with E-state index in [1.165, 1.54) is 17.1 Å². The summed E-state index contributed by atoms with van der Waals surface area (Å²) in [5, 5.41) is 20.1. The molecule has 0 saturated heterocycles. The molecule has 2 amide bonds. The summed E-state index contributed by atoms with van der Waals surface area (Å²) in [5.41, 5.74) is 2.21. The maximum Gasteiger partial charge on any atom is 0.276 e. The van der Waals surface area contributed by atoms with Gasteiger partial charge in [0.25, 0.3) is 11.8 Å². The Bertz CT molecular complexity index is 970. The Labute approximate surface area is 157 Å². The minimum Gasteiger partial charge on any atom is -0.318 e. The number of halogens is 1. The fourth-order valence-corrected chi connectivity index (χ4v) is 2.75. The monoisotopic (exact) mass is 420 g/mol. The van der Waals surface area contributed by atoms with Crippen LogP contribution in [0.25, 0.3) is 0 Å². The van der Waals surface area contributed by atoms with E-state index in [9.17, 15) is 9.59 Å². The molecule has 136 valence electrons. The van der Waals surface area contributed by atoms with Gasteiger partial charge < -0.3 is 10.6 Å². The minimum absolute atomic E-state index is 0.250. The summed E-state index contributed by atoms with van der Waals surface area (Å²) < 4.78 is 3.69. The lowest BCUT2D eigenvalue weighted by Crippen LogP contribution is -2.21. The van der Waals surface area contributed by atoms with Crippen molar-refractivity contribution < 1.29 is 9.59 Å². The molecule has 11 heteroatoms. The van der Waals surface area contributed by atoms with Gasteiger partial charge in [0.15, 0.2) is 0 Å². The van der Waals surface area contributed by atoms with Crippen LogP contribution in [0.1, 0.15) is 33.6 Å². The Kier molecular flexibility index (Phi) is 4.89. The zero-order valence-corrected chi connectivity index (χ0v) is 16.0. The number of anilines is 2.